The minimum atomic E-state index is -0.437. The highest BCUT2D eigenvalue weighted by Crippen LogP contribution is 2.30. The summed E-state index contributed by atoms with van der Waals surface area (Å²) in [4.78, 5) is 26.3. The summed E-state index contributed by atoms with van der Waals surface area (Å²) in [5.74, 6) is -0.363. The second-order valence-electron chi connectivity index (χ2n) is 6.59. The Hall–Kier alpha value is -2.63. The van der Waals surface area contributed by atoms with Crippen LogP contribution in [0.5, 0.6) is 0 Å². The van der Waals surface area contributed by atoms with Crippen LogP contribution in [-0.4, -0.2) is 28.1 Å². The Morgan fingerprint density at radius 1 is 1.28 bits per heavy atom. The van der Waals surface area contributed by atoms with Gasteiger partial charge in [-0.1, -0.05) is 6.07 Å². The molecule has 0 fully saturated rings. The van der Waals surface area contributed by atoms with Gasteiger partial charge in [0.25, 0.3) is 0 Å². The standard InChI is InChI=1S/C19H24N4O2/c1-12-14(13(2)22(3)21-12)9-10-18(24)23-11-5-7-15-16(19(20)25)6-4-8-17(15)23/h4,6,8H,5,7,9-11H2,1-3H3,(H2,20,25). The highest BCUT2D eigenvalue weighted by molar-refractivity contribution is 6.00. The van der Waals surface area contributed by atoms with Crippen molar-refractivity contribution < 1.29 is 9.59 Å². The summed E-state index contributed by atoms with van der Waals surface area (Å²) in [6.45, 7) is 4.68. The lowest BCUT2D eigenvalue weighted by molar-refractivity contribution is -0.118. The van der Waals surface area contributed by atoms with Gasteiger partial charge in [-0.2, -0.15) is 5.10 Å². The number of fused-ring (bicyclic) bond motifs is 1. The van der Waals surface area contributed by atoms with Crippen LogP contribution < -0.4 is 10.6 Å². The van der Waals surface area contributed by atoms with E-state index >= 15 is 0 Å². The molecule has 0 unspecified atom stereocenters. The molecule has 1 aliphatic heterocycles. The van der Waals surface area contributed by atoms with Crippen LogP contribution >= 0.6 is 0 Å². The summed E-state index contributed by atoms with van der Waals surface area (Å²) in [7, 11) is 1.92. The number of aryl methyl sites for hydroxylation is 2. The summed E-state index contributed by atoms with van der Waals surface area (Å²) in [6.07, 6.45) is 2.71. The number of nitrogens with two attached hydrogens (primary N) is 1. The third-order valence-corrected chi connectivity index (χ3v) is 5.06. The zero-order chi connectivity index (χ0) is 18.1. The van der Waals surface area contributed by atoms with Crippen molar-refractivity contribution in [3.05, 3.63) is 46.3 Å². The van der Waals surface area contributed by atoms with Gasteiger partial charge in [0.1, 0.15) is 0 Å². The van der Waals surface area contributed by atoms with Gasteiger partial charge in [-0.15, -0.1) is 0 Å². The van der Waals surface area contributed by atoms with Crippen molar-refractivity contribution in [2.75, 3.05) is 11.4 Å². The molecule has 6 heteroatoms. The number of carbonyl (C=O) groups is 2. The number of hydrogen-bond acceptors (Lipinski definition) is 3. The van der Waals surface area contributed by atoms with Crippen molar-refractivity contribution in [1.82, 2.24) is 9.78 Å². The van der Waals surface area contributed by atoms with E-state index in [-0.39, 0.29) is 5.91 Å². The van der Waals surface area contributed by atoms with Gasteiger partial charge in [0, 0.05) is 37.0 Å². The van der Waals surface area contributed by atoms with Gasteiger partial charge in [-0.3, -0.25) is 14.3 Å². The average Bonchev–Trinajstić information content (AvgIpc) is 2.83. The predicted octanol–water partition coefficient (Wildman–Crippen LogP) is 2.05. The van der Waals surface area contributed by atoms with Crippen LogP contribution in [0.2, 0.25) is 0 Å². The van der Waals surface area contributed by atoms with Crippen LogP contribution in [-0.2, 0) is 24.7 Å². The maximum atomic E-state index is 12.8. The molecule has 2 heterocycles. The fraction of sp³-hybridized carbons (Fsp3) is 0.421. The Kier molecular flexibility index (Phi) is 4.61. The van der Waals surface area contributed by atoms with Gasteiger partial charge in [0.05, 0.1) is 5.69 Å². The molecule has 1 aliphatic rings. The Labute approximate surface area is 147 Å². The number of benzene rings is 1. The SMILES string of the molecule is Cc1nn(C)c(C)c1CCC(=O)N1CCCc2c(C(N)=O)cccc21. The third-order valence-electron chi connectivity index (χ3n) is 5.06. The van der Waals surface area contributed by atoms with Gasteiger partial charge in [0.2, 0.25) is 11.8 Å². The van der Waals surface area contributed by atoms with Gasteiger partial charge >= 0.3 is 0 Å². The predicted molar refractivity (Wildman–Crippen MR) is 96.6 cm³/mol. The third kappa shape index (κ3) is 3.16. The first kappa shape index (κ1) is 17.2. The van der Waals surface area contributed by atoms with Crippen molar-refractivity contribution in [1.29, 1.82) is 0 Å². The molecule has 1 aromatic carbocycles. The lowest BCUT2D eigenvalue weighted by Crippen LogP contribution is -2.36. The second kappa shape index (κ2) is 6.70. The minimum absolute atomic E-state index is 0.0743. The number of aromatic nitrogens is 2. The number of anilines is 1. The number of nitrogens with zero attached hydrogens (tertiary/aromatic N) is 3. The highest BCUT2D eigenvalue weighted by atomic mass is 16.2. The van der Waals surface area contributed by atoms with E-state index in [1.807, 2.05) is 31.6 Å². The Balaban J connectivity index is 1.81. The van der Waals surface area contributed by atoms with Crippen LogP contribution in [0.4, 0.5) is 5.69 Å². The van der Waals surface area contributed by atoms with E-state index in [4.69, 9.17) is 5.73 Å². The molecule has 2 aromatic rings. The number of hydrogen-bond donors (Lipinski definition) is 1. The normalized spacial score (nSPS) is 13.6. The van der Waals surface area contributed by atoms with E-state index in [2.05, 4.69) is 5.10 Å². The fourth-order valence-electron chi connectivity index (χ4n) is 3.66. The summed E-state index contributed by atoms with van der Waals surface area (Å²) >= 11 is 0. The van der Waals surface area contributed by atoms with Gasteiger partial charge in [-0.25, -0.2) is 0 Å². The summed E-state index contributed by atoms with van der Waals surface area (Å²) < 4.78 is 1.85. The van der Waals surface area contributed by atoms with E-state index in [1.54, 1.807) is 17.0 Å². The van der Waals surface area contributed by atoms with Crippen molar-refractivity contribution >= 4 is 17.5 Å². The molecule has 6 nitrogen and oxygen atoms in total. The van der Waals surface area contributed by atoms with Gasteiger partial charge in [0.15, 0.2) is 0 Å². The summed E-state index contributed by atoms with van der Waals surface area (Å²) in [5.41, 5.74) is 10.9. The minimum Gasteiger partial charge on any atom is -0.366 e. The molecule has 0 aliphatic carbocycles. The molecule has 0 saturated heterocycles. The van der Waals surface area contributed by atoms with Crippen LogP contribution in [0.3, 0.4) is 0 Å². The van der Waals surface area contributed by atoms with Crippen molar-refractivity contribution in [2.24, 2.45) is 12.8 Å². The zero-order valence-corrected chi connectivity index (χ0v) is 15.0. The molecule has 0 bridgehead atoms. The highest BCUT2D eigenvalue weighted by Gasteiger charge is 2.25. The van der Waals surface area contributed by atoms with Crippen LogP contribution in [0.25, 0.3) is 0 Å². The quantitative estimate of drug-likeness (QED) is 0.925. The molecule has 0 spiro atoms. The lowest BCUT2D eigenvalue weighted by atomic mass is 9.95. The molecule has 2 N–H and O–H groups in total. The average molecular weight is 340 g/mol. The van der Waals surface area contributed by atoms with E-state index in [0.717, 1.165) is 41.0 Å². The van der Waals surface area contributed by atoms with Crippen molar-refractivity contribution in [2.45, 2.75) is 39.5 Å². The smallest absolute Gasteiger partial charge is 0.249 e. The topological polar surface area (TPSA) is 81.2 Å². The fourth-order valence-corrected chi connectivity index (χ4v) is 3.66. The molecule has 0 saturated carbocycles. The van der Waals surface area contributed by atoms with E-state index in [9.17, 15) is 9.59 Å². The maximum Gasteiger partial charge on any atom is 0.249 e. The monoisotopic (exact) mass is 340 g/mol. The van der Waals surface area contributed by atoms with Crippen LogP contribution in [0.1, 0.15) is 45.7 Å². The Morgan fingerprint density at radius 2 is 2.04 bits per heavy atom. The molecule has 25 heavy (non-hydrogen) atoms. The molecular weight excluding hydrogens is 316 g/mol. The first-order valence-corrected chi connectivity index (χ1v) is 8.61. The molecule has 2 amide bonds. The van der Waals surface area contributed by atoms with E-state index in [1.165, 1.54) is 0 Å². The number of carbonyl (C=O) groups excluding carboxylic acids is 2. The summed E-state index contributed by atoms with van der Waals surface area (Å²) in [6, 6.07) is 5.43. The zero-order valence-electron chi connectivity index (χ0n) is 15.0. The van der Waals surface area contributed by atoms with Crippen molar-refractivity contribution in [3.8, 4) is 0 Å². The Morgan fingerprint density at radius 3 is 2.68 bits per heavy atom. The van der Waals surface area contributed by atoms with Crippen molar-refractivity contribution in [3.63, 3.8) is 0 Å². The number of primary amides is 1. The number of amides is 2. The van der Waals surface area contributed by atoms with E-state index < -0.39 is 5.91 Å². The molecule has 0 radical (unpaired) electrons. The number of rotatable bonds is 4. The molecule has 0 atom stereocenters. The molecule has 1 aromatic heterocycles. The first-order valence-electron chi connectivity index (χ1n) is 8.61. The summed E-state index contributed by atoms with van der Waals surface area (Å²) in [5, 5.41) is 4.41. The lowest BCUT2D eigenvalue weighted by Gasteiger charge is -2.30. The van der Waals surface area contributed by atoms with Crippen LogP contribution in [0, 0.1) is 13.8 Å². The van der Waals surface area contributed by atoms with Gasteiger partial charge < -0.3 is 10.6 Å². The van der Waals surface area contributed by atoms with E-state index in [0.29, 0.717) is 24.9 Å². The van der Waals surface area contributed by atoms with Gasteiger partial charge in [-0.05, 0) is 56.4 Å². The molecule has 132 valence electrons. The molecular formula is C19H24N4O2. The second-order valence-corrected chi connectivity index (χ2v) is 6.59. The van der Waals surface area contributed by atoms with Crippen LogP contribution in [0.15, 0.2) is 18.2 Å². The Bertz CT molecular complexity index is 838. The first-order chi connectivity index (χ1) is 11.9. The largest absolute Gasteiger partial charge is 0.366 e. The molecule has 3 rings (SSSR count). The maximum absolute atomic E-state index is 12.8.